The minimum atomic E-state index is -4.17. The van der Waals surface area contributed by atoms with E-state index in [0.29, 0.717) is 5.71 Å². The molecule has 0 spiro atoms. The summed E-state index contributed by atoms with van der Waals surface area (Å²) in [4.78, 5) is 3.84. The van der Waals surface area contributed by atoms with Gasteiger partial charge in [-0.3, -0.25) is 4.99 Å². The Labute approximate surface area is 69.0 Å². The van der Waals surface area contributed by atoms with Gasteiger partial charge >= 0.3 is 6.18 Å². The lowest BCUT2D eigenvalue weighted by Crippen LogP contribution is -2.32. The number of rotatable bonds is 0. The fraction of sp³-hybridized carbons (Fsp3) is 0.625. The number of nitrogens with zero attached hydrogens (tertiary/aromatic N) is 1. The van der Waals surface area contributed by atoms with Crippen molar-refractivity contribution in [1.82, 2.24) is 0 Å². The first-order valence-electron chi connectivity index (χ1n) is 3.70. The van der Waals surface area contributed by atoms with E-state index in [0.717, 1.165) is 0 Å². The number of halogens is 3. The van der Waals surface area contributed by atoms with Crippen LogP contribution in [0.15, 0.2) is 17.1 Å². The highest BCUT2D eigenvalue weighted by Gasteiger charge is 2.42. The molecule has 0 aromatic carbocycles. The Balaban J connectivity index is 2.80. The highest BCUT2D eigenvalue weighted by atomic mass is 19.4. The highest BCUT2D eigenvalue weighted by Crippen LogP contribution is 2.32. The van der Waals surface area contributed by atoms with Gasteiger partial charge in [0.15, 0.2) is 0 Å². The number of allylic oxidation sites excluding steroid dienone is 1. The molecule has 2 unspecified atom stereocenters. The molecular weight excluding hydrogens is 167 g/mol. The molecule has 0 aromatic heterocycles. The minimum Gasteiger partial charge on any atom is -0.286 e. The van der Waals surface area contributed by atoms with Crippen LogP contribution in [0.5, 0.6) is 0 Å². The predicted molar refractivity (Wildman–Crippen MR) is 41.3 cm³/mol. The zero-order valence-corrected chi connectivity index (χ0v) is 6.89. The van der Waals surface area contributed by atoms with Gasteiger partial charge in [0.05, 0.1) is 12.0 Å². The van der Waals surface area contributed by atoms with E-state index in [9.17, 15) is 13.2 Å². The Morgan fingerprint density at radius 1 is 1.42 bits per heavy atom. The maximum atomic E-state index is 12.2. The summed E-state index contributed by atoms with van der Waals surface area (Å²) >= 11 is 0. The van der Waals surface area contributed by atoms with Crippen molar-refractivity contribution in [3.63, 3.8) is 0 Å². The van der Waals surface area contributed by atoms with Crippen molar-refractivity contribution >= 4 is 5.71 Å². The lowest BCUT2D eigenvalue weighted by molar-refractivity contribution is -0.164. The van der Waals surface area contributed by atoms with Gasteiger partial charge in [-0.05, 0) is 19.9 Å². The van der Waals surface area contributed by atoms with Gasteiger partial charge in [0.25, 0.3) is 0 Å². The van der Waals surface area contributed by atoms with E-state index in [4.69, 9.17) is 0 Å². The molecule has 0 aliphatic carbocycles. The molecule has 1 heterocycles. The van der Waals surface area contributed by atoms with Crippen molar-refractivity contribution in [2.24, 2.45) is 10.9 Å². The number of alkyl halides is 3. The highest BCUT2D eigenvalue weighted by molar-refractivity contribution is 5.93. The zero-order valence-electron chi connectivity index (χ0n) is 6.89. The van der Waals surface area contributed by atoms with Crippen LogP contribution in [0.3, 0.4) is 0 Å². The second-order valence-electron chi connectivity index (χ2n) is 2.94. The number of dihydropyridines is 1. The molecule has 1 nitrogen and oxygen atoms in total. The van der Waals surface area contributed by atoms with Crippen molar-refractivity contribution in [1.29, 1.82) is 0 Å². The van der Waals surface area contributed by atoms with Crippen LogP contribution in [0.25, 0.3) is 0 Å². The molecule has 68 valence electrons. The van der Waals surface area contributed by atoms with E-state index in [1.54, 1.807) is 6.92 Å². The Kier molecular flexibility index (Phi) is 2.26. The molecule has 12 heavy (non-hydrogen) atoms. The van der Waals surface area contributed by atoms with Crippen molar-refractivity contribution in [3.05, 3.63) is 12.2 Å². The van der Waals surface area contributed by atoms with E-state index < -0.39 is 18.1 Å². The Morgan fingerprint density at radius 2 is 2.00 bits per heavy atom. The Hall–Kier alpha value is -0.800. The third kappa shape index (κ3) is 1.87. The first-order chi connectivity index (χ1) is 5.41. The standard InChI is InChI=1S/C8H10F3N/c1-5-3-4-7(6(2)12-5)8(9,10)11/h3-4,6-7H,1-2H3. The molecule has 0 saturated carbocycles. The fourth-order valence-electron chi connectivity index (χ4n) is 1.23. The summed E-state index contributed by atoms with van der Waals surface area (Å²) < 4.78 is 36.6. The summed E-state index contributed by atoms with van der Waals surface area (Å²) in [6.07, 6.45) is -1.58. The first-order valence-corrected chi connectivity index (χ1v) is 3.70. The average molecular weight is 177 g/mol. The maximum Gasteiger partial charge on any atom is 0.397 e. The van der Waals surface area contributed by atoms with Crippen molar-refractivity contribution in [2.75, 3.05) is 0 Å². The van der Waals surface area contributed by atoms with Crippen molar-refractivity contribution in [3.8, 4) is 0 Å². The van der Waals surface area contributed by atoms with Gasteiger partial charge in [-0.15, -0.1) is 0 Å². The predicted octanol–water partition coefficient (Wildman–Crippen LogP) is 2.58. The monoisotopic (exact) mass is 177 g/mol. The third-order valence-electron chi connectivity index (χ3n) is 1.85. The van der Waals surface area contributed by atoms with E-state index in [1.807, 2.05) is 0 Å². The molecule has 0 bridgehead atoms. The van der Waals surface area contributed by atoms with Gasteiger partial charge < -0.3 is 0 Å². The zero-order chi connectivity index (χ0) is 9.35. The van der Waals surface area contributed by atoms with E-state index in [1.165, 1.54) is 19.1 Å². The molecule has 4 heteroatoms. The number of aliphatic imine (C=N–C) groups is 1. The Bertz CT molecular complexity index is 227. The SMILES string of the molecule is CC1=NC(C)C(C(F)(F)F)C=C1. The minimum absolute atomic E-state index is 0.656. The van der Waals surface area contributed by atoms with E-state index in [-0.39, 0.29) is 0 Å². The topological polar surface area (TPSA) is 12.4 Å². The largest absolute Gasteiger partial charge is 0.397 e. The van der Waals surface area contributed by atoms with Gasteiger partial charge in [0, 0.05) is 5.71 Å². The van der Waals surface area contributed by atoms with Crippen LogP contribution in [0.2, 0.25) is 0 Å². The third-order valence-corrected chi connectivity index (χ3v) is 1.85. The second kappa shape index (κ2) is 2.92. The van der Waals surface area contributed by atoms with Crippen LogP contribution >= 0.6 is 0 Å². The molecule has 1 aliphatic rings. The quantitative estimate of drug-likeness (QED) is 0.539. The van der Waals surface area contributed by atoms with Gasteiger partial charge in [-0.2, -0.15) is 13.2 Å². The molecule has 0 amide bonds. The Morgan fingerprint density at radius 3 is 2.42 bits per heavy atom. The summed E-state index contributed by atoms with van der Waals surface area (Å²) in [6.45, 7) is 3.17. The molecule has 0 N–H and O–H groups in total. The number of hydrogen-bond donors (Lipinski definition) is 0. The molecule has 0 fully saturated rings. The summed E-state index contributed by atoms with van der Waals surface area (Å²) in [5.74, 6) is -1.42. The van der Waals surface area contributed by atoms with Gasteiger partial charge in [-0.25, -0.2) is 0 Å². The fourth-order valence-corrected chi connectivity index (χ4v) is 1.23. The van der Waals surface area contributed by atoms with Crippen LogP contribution in [0.1, 0.15) is 13.8 Å². The average Bonchev–Trinajstić information content (AvgIpc) is 1.83. The van der Waals surface area contributed by atoms with Gasteiger partial charge in [0.2, 0.25) is 0 Å². The van der Waals surface area contributed by atoms with Crippen molar-refractivity contribution in [2.45, 2.75) is 26.1 Å². The summed E-state index contributed by atoms with van der Waals surface area (Å²) in [6, 6.07) is -0.685. The van der Waals surface area contributed by atoms with Crippen molar-refractivity contribution < 1.29 is 13.2 Å². The second-order valence-corrected chi connectivity index (χ2v) is 2.94. The maximum absolute atomic E-state index is 12.2. The van der Waals surface area contributed by atoms with Gasteiger partial charge in [-0.1, -0.05) is 6.08 Å². The molecule has 0 saturated heterocycles. The van der Waals surface area contributed by atoms with Crippen LogP contribution < -0.4 is 0 Å². The molecule has 2 atom stereocenters. The first kappa shape index (κ1) is 9.29. The smallest absolute Gasteiger partial charge is 0.286 e. The normalized spacial score (nSPS) is 30.2. The summed E-state index contributed by atoms with van der Waals surface area (Å²) in [5, 5.41) is 0. The van der Waals surface area contributed by atoms with Crippen LogP contribution in [0.4, 0.5) is 13.2 Å². The van der Waals surface area contributed by atoms with Crippen LogP contribution in [-0.4, -0.2) is 17.9 Å². The summed E-state index contributed by atoms with van der Waals surface area (Å²) in [5.41, 5.74) is 0.656. The molecule has 0 radical (unpaired) electrons. The lowest BCUT2D eigenvalue weighted by atomic mass is 9.97. The van der Waals surface area contributed by atoms with E-state index >= 15 is 0 Å². The molecular formula is C8H10F3N. The number of hydrogen-bond acceptors (Lipinski definition) is 1. The molecule has 1 aliphatic heterocycles. The van der Waals surface area contributed by atoms with Crippen LogP contribution in [0, 0.1) is 5.92 Å². The summed E-state index contributed by atoms with van der Waals surface area (Å²) in [7, 11) is 0. The molecule has 1 rings (SSSR count). The molecule has 0 aromatic rings. The van der Waals surface area contributed by atoms with Crippen LogP contribution in [-0.2, 0) is 0 Å². The van der Waals surface area contributed by atoms with E-state index in [2.05, 4.69) is 4.99 Å². The van der Waals surface area contributed by atoms with Gasteiger partial charge in [0.1, 0.15) is 0 Å². The lowest BCUT2D eigenvalue weighted by Gasteiger charge is -2.23.